The monoisotopic (exact) mass is 280 g/mol. The second kappa shape index (κ2) is 5.35. The van der Waals surface area contributed by atoms with Crippen LogP contribution in [-0.2, 0) is 14.3 Å². The molecule has 0 aromatic heterocycles. The molecule has 3 aliphatic heterocycles. The minimum Gasteiger partial charge on any atom is -0.373 e. The van der Waals surface area contributed by atoms with E-state index < -0.39 is 0 Å². The Morgan fingerprint density at radius 3 is 2.80 bits per heavy atom. The molecule has 5 nitrogen and oxygen atoms in total. The molecule has 3 fully saturated rings. The summed E-state index contributed by atoms with van der Waals surface area (Å²) in [4.78, 5) is 26.6. The van der Waals surface area contributed by atoms with E-state index in [0.717, 1.165) is 25.7 Å². The maximum atomic E-state index is 12.8. The van der Waals surface area contributed by atoms with Crippen molar-refractivity contribution in [3.63, 3.8) is 0 Å². The number of carbonyl (C=O) groups excluding carboxylic acids is 2. The highest BCUT2D eigenvalue weighted by Crippen LogP contribution is 2.38. The number of nitrogens with zero attached hydrogens (tertiary/aromatic N) is 1. The van der Waals surface area contributed by atoms with Gasteiger partial charge in [0.05, 0.1) is 18.2 Å². The van der Waals surface area contributed by atoms with Crippen molar-refractivity contribution in [2.75, 3.05) is 6.54 Å². The number of fused-ring (bicyclic) bond motifs is 2. The van der Waals surface area contributed by atoms with Crippen molar-refractivity contribution in [1.82, 2.24) is 10.2 Å². The normalized spacial score (nSPS) is 38.8. The third-order valence-corrected chi connectivity index (χ3v) is 5.13. The number of amides is 2. The molecule has 5 unspecified atom stereocenters. The van der Waals surface area contributed by atoms with Crippen LogP contribution in [0.15, 0.2) is 0 Å². The molecule has 2 bridgehead atoms. The molecule has 112 valence electrons. The SMILES string of the molecule is CCC(C)C1NC(=O)CCN(C2CC3CCC2O3)C1=O. The summed E-state index contributed by atoms with van der Waals surface area (Å²) in [6.07, 6.45) is 4.92. The van der Waals surface area contributed by atoms with Gasteiger partial charge < -0.3 is 15.0 Å². The van der Waals surface area contributed by atoms with Gasteiger partial charge in [0.1, 0.15) is 6.04 Å². The van der Waals surface area contributed by atoms with Gasteiger partial charge in [-0.25, -0.2) is 0 Å². The fourth-order valence-electron chi connectivity index (χ4n) is 3.71. The lowest BCUT2D eigenvalue weighted by atomic mass is 9.92. The summed E-state index contributed by atoms with van der Waals surface area (Å²) in [5, 5.41) is 2.91. The molecule has 3 aliphatic rings. The molecule has 5 atom stereocenters. The van der Waals surface area contributed by atoms with E-state index in [-0.39, 0.29) is 35.9 Å². The fraction of sp³-hybridized carbons (Fsp3) is 0.867. The highest BCUT2D eigenvalue weighted by atomic mass is 16.5. The van der Waals surface area contributed by atoms with Gasteiger partial charge in [0, 0.05) is 13.0 Å². The van der Waals surface area contributed by atoms with Crippen molar-refractivity contribution in [1.29, 1.82) is 0 Å². The van der Waals surface area contributed by atoms with Gasteiger partial charge in [0.2, 0.25) is 11.8 Å². The van der Waals surface area contributed by atoms with E-state index in [0.29, 0.717) is 19.1 Å². The summed E-state index contributed by atoms with van der Waals surface area (Å²) in [6.45, 7) is 4.62. The van der Waals surface area contributed by atoms with Gasteiger partial charge in [-0.15, -0.1) is 0 Å². The van der Waals surface area contributed by atoms with E-state index in [1.807, 2.05) is 11.8 Å². The summed E-state index contributed by atoms with van der Waals surface area (Å²) in [5.74, 6) is 0.258. The lowest BCUT2D eigenvalue weighted by molar-refractivity contribution is -0.138. The first-order chi connectivity index (χ1) is 9.60. The standard InChI is InChI=1S/C15H24N2O3/c1-3-9(2)14-15(19)17(7-6-13(18)16-14)11-8-10-4-5-12(11)20-10/h9-12,14H,3-8H2,1-2H3,(H,16,18). The van der Waals surface area contributed by atoms with E-state index in [1.54, 1.807) is 0 Å². The van der Waals surface area contributed by atoms with Crippen LogP contribution in [0.1, 0.15) is 46.0 Å². The first-order valence-corrected chi connectivity index (χ1v) is 7.85. The van der Waals surface area contributed by atoms with Crippen LogP contribution >= 0.6 is 0 Å². The van der Waals surface area contributed by atoms with Crippen molar-refractivity contribution in [2.24, 2.45) is 5.92 Å². The number of ether oxygens (including phenoxy) is 1. The van der Waals surface area contributed by atoms with Gasteiger partial charge in [-0.3, -0.25) is 9.59 Å². The second-order valence-electron chi connectivity index (χ2n) is 6.39. The fourth-order valence-corrected chi connectivity index (χ4v) is 3.71. The van der Waals surface area contributed by atoms with Crippen molar-refractivity contribution in [3.8, 4) is 0 Å². The molecule has 3 heterocycles. The van der Waals surface area contributed by atoms with Crippen molar-refractivity contribution >= 4 is 11.8 Å². The third-order valence-electron chi connectivity index (χ3n) is 5.13. The number of hydrogen-bond donors (Lipinski definition) is 1. The molecule has 5 heteroatoms. The summed E-state index contributed by atoms with van der Waals surface area (Å²) in [5.41, 5.74) is 0. The van der Waals surface area contributed by atoms with Crippen LogP contribution in [0.3, 0.4) is 0 Å². The number of rotatable bonds is 3. The van der Waals surface area contributed by atoms with Crippen molar-refractivity contribution < 1.29 is 14.3 Å². The zero-order valence-electron chi connectivity index (χ0n) is 12.3. The highest BCUT2D eigenvalue weighted by molar-refractivity contribution is 5.90. The van der Waals surface area contributed by atoms with Crippen LogP contribution in [0, 0.1) is 5.92 Å². The van der Waals surface area contributed by atoms with Crippen LogP contribution in [-0.4, -0.2) is 47.6 Å². The maximum absolute atomic E-state index is 12.8. The molecular formula is C15H24N2O3. The zero-order chi connectivity index (χ0) is 14.3. The Morgan fingerprint density at radius 1 is 1.40 bits per heavy atom. The lowest BCUT2D eigenvalue weighted by Crippen LogP contribution is -2.53. The first kappa shape index (κ1) is 13.9. The molecule has 20 heavy (non-hydrogen) atoms. The minimum absolute atomic E-state index is 0.00442. The minimum atomic E-state index is -0.367. The Hall–Kier alpha value is -1.10. The summed E-state index contributed by atoms with van der Waals surface area (Å²) < 4.78 is 5.88. The quantitative estimate of drug-likeness (QED) is 0.841. The van der Waals surface area contributed by atoms with Crippen LogP contribution < -0.4 is 5.32 Å². The molecule has 0 saturated carbocycles. The Kier molecular flexibility index (Phi) is 3.71. The Labute approximate surface area is 120 Å². The van der Waals surface area contributed by atoms with Crippen LogP contribution in [0.4, 0.5) is 0 Å². The van der Waals surface area contributed by atoms with E-state index in [4.69, 9.17) is 4.74 Å². The molecular weight excluding hydrogens is 256 g/mol. The number of nitrogens with one attached hydrogen (secondary N) is 1. The van der Waals surface area contributed by atoms with Crippen molar-refractivity contribution in [2.45, 2.75) is 70.2 Å². The van der Waals surface area contributed by atoms with Crippen LogP contribution in [0.5, 0.6) is 0 Å². The molecule has 0 aromatic carbocycles. The zero-order valence-corrected chi connectivity index (χ0v) is 12.3. The van der Waals surface area contributed by atoms with E-state index in [1.165, 1.54) is 0 Å². The maximum Gasteiger partial charge on any atom is 0.245 e. The summed E-state index contributed by atoms with van der Waals surface area (Å²) in [7, 11) is 0. The van der Waals surface area contributed by atoms with E-state index >= 15 is 0 Å². The molecule has 0 radical (unpaired) electrons. The molecule has 1 N–H and O–H groups in total. The Morgan fingerprint density at radius 2 is 2.20 bits per heavy atom. The molecule has 3 saturated heterocycles. The lowest BCUT2D eigenvalue weighted by Gasteiger charge is -2.34. The van der Waals surface area contributed by atoms with Crippen LogP contribution in [0.2, 0.25) is 0 Å². The largest absolute Gasteiger partial charge is 0.373 e. The first-order valence-electron chi connectivity index (χ1n) is 7.85. The molecule has 0 aromatic rings. The molecule has 0 spiro atoms. The smallest absolute Gasteiger partial charge is 0.245 e. The highest BCUT2D eigenvalue weighted by Gasteiger charge is 2.47. The van der Waals surface area contributed by atoms with Gasteiger partial charge in [-0.1, -0.05) is 20.3 Å². The van der Waals surface area contributed by atoms with E-state index in [2.05, 4.69) is 12.2 Å². The second-order valence-corrected chi connectivity index (χ2v) is 6.39. The molecule has 3 rings (SSSR count). The van der Waals surface area contributed by atoms with Gasteiger partial charge >= 0.3 is 0 Å². The Balaban J connectivity index is 1.79. The third kappa shape index (κ3) is 2.32. The predicted octanol–water partition coefficient (Wildman–Crippen LogP) is 1.07. The van der Waals surface area contributed by atoms with Gasteiger partial charge in [0.25, 0.3) is 0 Å². The topological polar surface area (TPSA) is 58.6 Å². The molecule has 2 amide bonds. The average Bonchev–Trinajstić information content (AvgIpc) is 3.03. The van der Waals surface area contributed by atoms with Crippen LogP contribution in [0.25, 0.3) is 0 Å². The summed E-state index contributed by atoms with van der Waals surface area (Å²) >= 11 is 0. The average molecular weight is 280 g/mol. The molecule has 0 aliphatic carbocycles. The van der Waals surface area contributed by atoms with E-state index in [9.17, 15) is 9.59 Å². The summed E-state index contributed by atoms with van der Waals surface area (Å²) in [6, 6.07) is -0.186. The predicted molar refractivity (Wildman–Crippen MR) is 74.0 cm³/mol. The van der Waals surface area contributed by atoms with Gasteiger partial charge in [-0.2, -0.15) is 0 Å². The Bertz CT molecular complexity index is 412. The van der Waals surface area contributed by atoms with Crippen molar-refractivity contribution in [3.05, 3.63) is 0 Å². The van der Waals surface area contributed by atoms with Gasteiger partial charge in [-0.05, 0) is 25.2 Å². The number of carbonyl (C=O) groups is 2. The van der Waals surface area contributed by atoms with Gasteiger partial charge in [0.15, 0.2) is 0 Å². The number of hydrogen-bond acceptors (Lipinski definition) is 3.